The molecule has 0 bridgehead atoms. The van der Waals surface area contributed by atoms with Gasteiger partial charge in [-0.05, 0) is 6.92 Å². The van der Waals surface area contributed by atoms with Crippen LogP contribution in [-0.2, 0) is 4.79 Å². The molecule has 1 unspecified atom stereocenters. The summed E-state index contributed by atoms with van der Waals surface area (Å²) < 4.78 is 0. The molecule has 0 aromatic heterocycles. The highest BCUT2D eigenvalue weighted by Gasteiger charge is 2.24. The molecule has 0 aliphatic carbocycles. The van der Waals surface area contributed by atoms with Gasteiger partial charge in [-0.3, -0.25) is 14.5 Å². The van der Waals surface area contributed by atoms with Crippen molar-refractivity contribution in [3.8, 4) is 0 Å². The lowest BCUT2D eigenvalue weighted by Gasteiger charge is -2.36. The van der Waals surface area contributed by atoms with E-state index in [2.05, 4.69) is 9.80 Å². The van der Waals surface area contributed by atoms with E-state index in [1.165, 1.54) is 0 Å². The lowest BCUT2D eigenvalue weighted by atomic mass is 10.1. The van der Waals surface area contributed by atoms with Crippen LogP contribution in [0.4, 0.5) is 0 Å². The van der Waals surface area contributed by atoms with E-state index in [1.54, 1.807) is 0 Å². The van der Waals surface area contributed by atoms with E-state index in [0.29, 0.717) is 6.42 Å². The molecule has 5 heteroatoms. The smallest absolute Gasteiger partial charge is 0.234 e. The first-order valence-corrected chi connectivity index (χ1v) is 7.42. The number of hydrogen-bond acceptors (Lipinski definition) is 4. The molecule has 1 aromatic rings. The van der Waals surface area contributed by atoms with Gasteiger partial charge >= 0.3 is 0 Å². The standard InChI is InChI=1S/C16H23N3O2/c1-13(16(17)21)19-11-9-18(10-12-19)8-7-15(20)14-5-3-2-4-6-14/h2-6,13H,7-12H2,1H3,(H2,17,21). The van der Waals surface area contributed by atoms with E-state index < -0.39 is 0 Å². The zero-order valence-corrected chi connectivity index (χ0v) is 12.5. The number of hydrogen-bond donors (Lipinski definition) is 1. The van der Waals surface area contributed by atoms with Gasteiger partial charge in [-0.25, -0.2) is 0 Å². The number of Topliss-reactive ketones (excluding diaryl/α,β-unsaturated/α-hetero) is 1. The second-order valence-corrected chi connectivity index (χ2v) is 5.50. The molecule has 0 saturated carbocycles. The number of rotatable bonds is 6. The van der Waals surface area contributed by atoms with Gasteiger partial charge in [0.15, 0.2) is 5.78 Å². The number of carbonyl (C=O) groups is 2. The van der Waals surface area contributed by atoms with Crippen LogP contribution in [0.1, 0.15) is 23.7 Å². The lowest BCUT2D eigenvalue weighted by Crippen LogP contribution is -2.53. The zero-order valence-electron chi connectivity index (χ0n) is 12.5. The Hall–Kier alpha value is -1.72. The third-order valence-corrected chi connectivity index (χ3v) is 4.12. The minimum atomic E-state index is -0.275. The van der Waals surface area contributed by atoms with Crippen molar-refractivity contribution >= 4 is 11.7 Å². The Morgan fingerprint density at radius 3 is 2.33 bits per heavy atom. The van der Waals surface area contributed by atoms with Crippen LogP contribution in [0.25, 0.3) is 0 Å². The highest BCUT2D eigenvalue weighted by Crippen LogP contribution is 2.08. The first-order chi connectivity index (χ1) is 10.1. The summed E-state index contributed by atoms with van der Waals surface area (Å²) in [5.41, 5.74) is 6.10. The van der Waals surface area contributed by atoms with Gasteiger partial charge in [0.1, 0.15) is 0 Å². The van der Waals surface area contributed by atoms with E-state index in [4.69, 9.17) is 5.73 Å². The molecule has 1 fully saturated rings. The second kappa shape index (κ2) is 7.33. The fourth-order valence-electron chi connectivity index (χ4n) is 2.58. The molecule has 1 heterocycles. The second-order valence-electron chi connectivity index (χ2n) is 5.50. The minimum absolute atomic E-state index is 0.184. The molecule has 1 aromatic carbocycles. The fourth-order valence-corrected chi connectivity index (χ4v) is 2.58. The van der Waals surface area contributed by atoms with Gasteiger partial charge in [0.05, 0.1) is 6.04 Å². The molecular weight excluding hydrogens is 266 g/mol. The molecule has 2 rings (SSSR count). The van der Waals surface area contributed by atoms with Crippen molar-refractivity contribution in [3.63, 3.8) is 0 Å². The molecule has 1 amide bonds. The molecule has 0 spiro atoms. The van der Waals surface area contributed by atoms with Crippen LogP contribution in [0.3, 0.4) is 0 Å². The number of ketones is 1. The molecule has 1 saturated heterocycles. The van der Waals surface area contributed by atoms with E-state index in [-0.39, 0.29) is 17.7 Å². The number of primary amides is 1. The number of carbonyl (C=O) groups excluding carboxylic acids is 2. The van der Waals surface area contributed by atoms with Gasteiger partial charge in [0.25, 0.3) is 0 Å². The average molecular weight is 289 g/mol. The van der Waals surface area contributed by atoms with Crippen LogP contribution in [0, 0.1) is 0 Å². The Bertz CT molecular complexity index is 482. The van der Waals surface area contributed by atoms with Crippen molar-refractivity contribution in [3.05, 3.63) is 35.9 Å². The highest BCUT2D eigenvalue weighted by molar-refractivity contribution is 5.96. The first kappa shape index (κ1) is 15.7. The molecule has 21 heavy (non-hydrogen) atoms. The fraction of sp³-hybridized carbons (Fsp3) is 0.500. The Labute approximate surface area is 125 Å². The molecule has 114 valence electrons. The topological polar surface area (TPSA) is 66.6 Å². The molecule has 1 aliphatic rings. The van der Waals surface area contributed by atoms with E-state index in [1.807, 2.05) is 37.3 Å². The van der Waals surface area contributed by atoms with Crippen LogP contribution in [0.5, 0.6) is 0 Å². The summed E-state index contributed by atoms with van der Waals surface area (Å²) in [6.45, 7) is 6.01. The average Bonchev–Trinajstić information content (AvgIpc) is 2.53. The first-order valence-electron chi connectivity index (χ1n) is 7.42. The maximum absolute atomic E-state index is 12.1. The Morgan fingerprint density at radius 2 is 1.76 bits per heavy atom. The predicted molar refractivity (Wildman–Crippen MR) is 82.1 cm³/mol. The SMILES string of the molecule is CC(C(N)=O)N1CCN(CCC(=O)c2ccccc2)CC1. The molecule has 0 radical (unpaired) electrons. The van der Waals surface area contributed by atoms with Crippen molar-refractivity contribution in [2.45, 2.75) is 19.4 Å². The normalized spacial score (nSPS) is 18.3. The van der Waals surface area contributed by atoms with E-state index >= 15 is 0 Å². The number of piperazine rings is 1. The summed E-state index contributed by atoms with van der Waals surface area (Å²) in [5.74, 6) is -0.0914. The number of benzene rings is 1. The van der Waals surface area contributed by atoms with Gasteiger partial charge in [-0.2, -0.15) is 0 Å². The van der Waals surface area contributed by atoms with Crippen LogP contribution >= 0.6 is 0 Å². The number of amides is 1. The van der Waals surface area contributed by atoms with Crippen molar-refractivity contribution < 1.29 is 9.59 Å². The maximum atomic E-state index is 12.1. The Kier molecular flexibility index (Phi) is 5.47. The summed E-state index contributed by atoms with van der Waals surface area (Å²) in [6, 6.07) is 9.19. The van der Waals surface area contributed by atoms with Gasteiger partial charge in [-0.15, -0.1) is 0 Å². The minimum Gasteiger partial charge on any atom is -0.368 e. The molecule has 5 nitrogen and oxygen atoms in total. The van der Waals surface area contributed by atoms with Crippen molar-refractivity contribution in [1.29, 1.82) is 0 Å². The maximum Gasteiger partial charge on any atom is 0.234 e. The molecular formula is C16H23N3O2. The third kappa shape index (κ3) is 4.37. The van der Waals surface area contributed by atoms with Crippen LogP contribution in [0.15, 0.2) is 30.3 Å². The van der Waals surface area contributed by atoms with Crippen LogP contribution in [0.2, 0.25) is 0 Å². The third-order valence-electron chi connectivity index (χ3n) is 4.12. The Morgan fingerprint density at radius 1 is 1.14 bits per heavy atom. The van der Waals surface area contributed by atoms with Crippen molar-refractivity contribution in [2.75, 3.05) is 32.7 Å². The van der Waals surface area contributed by atoms with Crippen molar-refractivity contribution in [2.24, 2.45) is 5.73 Å². The number of nitrogens with zero attached hydrogens (tertiary/aromatic N) is 2. The van der Waals surface area contributed by atoms with Gasteiger partial charge in [0.2, 0.25) is 5.91 Å². The highest BCUT2D eigenvalue weighted by atomic mass is 16.1. The summed E-state index contributed by atoms with van der Waals surface area (Å²) in [4.78, 5) is 27.6. The summed E-state index contributed by atoms with van der Waals surface area (Å²) in [7, 11) is 0. The van der Waals surface area contributed by atoms with Crippen LogP contribution < -0.4 is 5.73 Å². The van der Waals surface area contributed by atoms with E-state index in [9.17, 15) is 9.59 Å². The summed E-state index contributed by atoms with van der Waals surface area (Å²) >= 11 is 0. The van der Waals surface area contributed by atoms with Gasteiger partial charge in [-0.1, -0.05) is 30.3 Å². The van der Waals surface area contributed by atoms with Crippen LogP contribution in [-0.4, -0.2) is 60.3 Å². The van der Waals surface area contributed by atoms with E-state index in [0.717, 1.165) is 38.3 Å². The summed E-state index contributed by atoms with van der Waals surface area (Å²) in [6.07, 6.45) is 0.537. The lowest BCUT2D eigenvalue weighted by molar-refractivity contribution is -0.123. The van der Waals surface area contributed by atoms with Crippen molar-refractivity contribution in [1.82, 2.24) is 9.80 Å². The quantitative estimate of drug-likeness (QED) is 0.785. The molecule has 2 N–H and O–H groups in total. The largest absolute Gasteiger partial charge is 0.368 e. The summed E-state index contributed by atoms with van der Waals surface area (Å²) in [5, 5.41) is 0. The van der Waals surface area contributed by atoms with Gasteiger partial charge < -0.3 is 10.6 Å². The zero-order chi connectivity index (χ0) is 15.2. The Balaban J connectivity index is 1.74. The molecule has 1 aliphatic heterocycles. The van der Waals surface area contributed by atoms with Gasteiger partial charge in [0, 0.05) is 44.7 Å². The molecule has 1 atom stereocenters. The monoisotopic (exact) mass is 289 g/mol. The number of nitrogens with two attached hydrogens (primary N) is 1. The predicted octanol–water partition coefficient (Wildman–Crippen LogP) is 0.751.